The van der Waals surface area contributed by atoms with Crippen LogP contribution in [-0.2, 0) is 0 Å². The normalized spacial score (nSPS) is 13.5. The quantitative estimate of drug-likeness (QED) is 0.495. The highest BCUT2D eigenvalue weighted by Gasteiger charge is 2.08. The summed E-state index contributed by atoms with van der Waals surface area (Å²) < 4.78 is 0. The van der Waals surface area contributed by atoms with Gasteiger partial charge in [0, 0.05) is 6.04 Å². The fourth-order valence-electron chi connectivity index (χ4n) is 1.53. The third kappa shape index (κ3) is 7.30. The number of hydrogen-bond donors (Lipinski definition) is 3. The predicted molar refractivity (Wildman–Crippen MR) is 59.3 cm³/mol. The van der Waals surface area contributed by atoms with Gasteiger partial charge in [-0.2, -0.15) is 0 Å². The maximum atomic E-state index is 8.86. The van der Waals surface area contributed by atoms with E-state index >= 15 is 0 Å². The average Bonchev–Trinajstić information content (AvgIpc) is 2.21. The summed E-state index contributed by atoms with van der Waals surface area (Å²) >= 11 is 0. The van der Waals surface area contributed by atoms with Crippen molar-refractivity contribution in [2.24, 2.45) is 0 Å². The van der Waals surface area contributed by atoms with Crippen LogP contribution < -0.4 is 5.32 Å². The van der Waals surface area contributed by atoms with Crippen molar-refractivity contribution in [2.45, 2.75) is 58.0 Å². The molecule has 0 saturated heterocycles. The van der Waals surface area contributed by atoms with Gasteiger partial charge in [-0.3, -0.25) is 0 Å². The van der Waals surface area contributed by atoms with Crippen molar-refractivity contribution in [1.29, 1.82) is 0 Å². The lowest BCUT2D eigenvalue weighted by Gasteiger charge is -2.19. The number of aliphatic hydroxyl groups is 2. The van der Waals surface area contributed by atoms with E-state index in [1.165, 1.54) is 25.7 Å². The van der Waals surface area contributed by atoms with E-state index in [0.29, 0.717) is 6.04 Å². The van der Waals surface area contributed by atoms with Crippen LogP contribution in [0.3, 0.4) is 0 Å². The van der Waals surface area contributed by atoms with Crippen molar-refractivity contribution in [3.8, 4) is 0 Å². The summed E-state index contributed by atoms with van der Waals surface area (Å²) in [5.41, 5.74) is 0. The van der Waals surface area contributed by atoms with Gasteiger partial charge in [-0.15, -0.1) is 0 Å². The lowest BCUT2D eigenvalue weighted by atomic mass is 10.1. The molecule has 0 spiro atoms. The van der Waals surface area contributed by atoms with Crippen LogP contribution in [0.5, 0.6) is 0 Å². The molecule has 14 heavy (non-hydrogen) atoms. The number of hydrogen-bond acceptors (Lipinski definition) is 3. The van der Waals surface area contributed by atoms with Gasteiger partial charge in [0.1, 0.15) is 0 Å². The summed E-state index contributed by atoms with van der Waals surface area (Å²) in [6, 6.07) is 0.229. The van der Waals surface area contributed by atoms with Gasteiger partial charge in [0.05, 0.1) is 19.3 Å². The number of rotatable bonds is 9. The van der Waals surface area contributed by atoms with E-state index in [1.54, 1.807) is 0 Å². The summed E-state index contributed by atoms with van der Waals surface area (Å²) in [6.07, 6.45) is 6.20. The van der Waals surface area contributed by atoms with E-state index < -0.39 is 0 Å². The number of aliphatic hydroxyl groups excluding tert-OH is 2. The minimum Gasteiger partial charge on any atom is -0.395 e. The second kappa shape index (κ2) is 9.44. The zero-order valence-corrected chi connectivity index (χ0v) is 9.50. The third-order valence-corrected chi connectivity index (χ3v) is 2.45. The van der Waals surface area contributed by atoms with Crippen LogP contribution in [0.25, 0.3) is 0 Å². The second-order valence-electron chi connectivity index (χ2n) is 3.98. The lowest BCUT2D eigenvalue weighted by molar-refractivity contribution is 0.162. The molecule has 0 aliphatic carbocycles. The Hall–Kier alpha value is -0.120. The first-order valence-electron chi connectivity index (χ1n) is 5.72. The SMILES string of the molecule is CCCCCC[C@@H](C)NC(CO)CO. The molecule has 0 heterocycles. The number of nitrogens with one attached hydrogen (secondary N) is 1. The van der Waals surface area contributed by atoms with Crippen LogP contribution in [0.15, 0.2) is 0 Å². The highest BCUT2D eigenvalue weighted by molar-refractivity contribution is 4.69. The standard InChI is InChI=1S/C11H25NO2/c1-3-4-5-6-7-10(2)12-11(8-13)9-14/h10-14H,3-9H2,1-2H3/t10-/m1/s1. The Morgan fingerprint density at radius 2 is 1.71 bits per heavy atom. The summed E-state index contributed by atoms with van der Waals surface area (Å²) in [6.45, 7) is 4.32. The van der Waals surface area contributed by atoms with Crippen LogP contribution in [0.2, 0.25) is 0 Å². The lowest BCUT2D eigenvalue weighted by Crippen LogP contribution is -2.41. The molecule has 0 radical (unpaired) electrons. The molecule has 0 bridgehead atoms. The first kappa shape index (κ1) is 13.9. The van der Waals surface area contributed by atoms with Gasteiger partial charge >= 0.3 is 0 Å². The van der Waals surface area contributed by atoms with Gasteiger partial charge in [-0.25, -0.2) is 0 Å². The van der Waals surface area contributed by atoms with Crippen LogP contribution in [0.1, 0.15) is 46.0 Å². The summed E-state index contributed by atoms with van der Waals surface area (Å²) in [5, 5.41) is 20.9. The Morgan fingerprint density at radius 3 is 2.21 bits per heavy atom. The van der Waals surface area contributed by atoms with Crippen LogP contribution in [-0.4, -0.2) is 35.5 Å². The van der Waals surface area contributed by atoms with Crippen molar-refractivity contribution in [3.63, 3.8) is 0 Å². The van der Waals surface area contributed by atoms with Gasteiger partial charge < -0.3 is 15.5 Å². The molecule has 0 amide bonds. The highest BCUT2D eigenvalue weighted by Crippen LogP contribution is 2.05. The van der Waals surface area contributed by atoms with E-state index in [2.05, 4.69) is 19.2 Å². The highest BCUT2D eigenvalue weighted by atomic mass is 16.3. The Kier molecular flexibility index (Phi) is 9.35. The Labute approximate surface area is 87.5 Å². The van der Waals surface area contributed by atoms with Crippen LogP contribution >= 0.6 is 0 Å². The van der Waals surface area contributed by atoms with Gasteiger partial charge in [0.25, 0.3) is 0 Å². The smallest absolute Gasteiger partial charge is 0.0607 e. The van der Waals surface area contributed by atoms with Crippen LogP contribution in [0.4, 0.5) is 0 Å². The molecule has 3 heteroatoms. The van der Waals surface area contributed by atoms with E-state index in [9.17, 15) is 0 Å². The van der Waals surface area contributed by atoms with E-state index in [-0.39, 0.29) is 19.3 Å². The molecule has 0 aliphatic rings. The number of unbranched alkanes of at least 4 members (excludes halogenated alkanes) is 3. The third-order valence-electron chi connectivity index (χ3n) is 2.45. The molecule has 0 aromatic heterocycles. The largest absolute Gasteiger partial charge is 0.395 e. The molecular formula is C11H25NO2. The molecule has 0 rings (SSSR count). The zero-order valence-electron chi connectivity index (χ0n) is 9.50. The van der Waals surface area contributed by atoms with E-state index in [0.717, 1.165) is 6.42 Å². The molecule has 3 nitrogen and oxygen atoms in total. The van der Waals surface area contributed by atoms with Crippen LogP contribution in [0, 0.1) is 0 Å². The maximum Gasteiger partial charge on any atom is 0.0607 e. The summed E-state index contributed by atoms with van der Waals surface area (Å²) in [4.78, 5) is 0. The van der Waals surface area contributed by atoms with Gasteiger partial charge in [0.15, 0.2) is 0 Å². The fourth-order valence-corrected chi connectivity index (χ4v) is 1.53. The van der Waals surface area contributed by atoms with Crippen molar-refractivity contribution in [2.75, 3.05) is 13.2 Å². The van der Waals surface area contributed by atoms with Crippen molar-refractivity contribution in [1.82, 2.24) is 5.32 Å². The molecule has 0 saturated carbocycles. The van der Waals surface area contributed by atoms with E-state index in [4.69, 9.17) is 10.2 Å². The molecular weight excluding hydrogens is 178 g/mol. The first-order chi connectivity index (χ1) is 6.74. The maximum absolute atomic E-state index is 8.86. The monoisotopic (exact) mass is 203 g/mol. The second-order valence-corrected chi connectivity index (χ2v) is 3.98. The topological polar surface area (TPSA) is 52.5 Å². The van der Waals surface area contributed by atoms with Gasteiger partial charge in [-0.05, 0) is 13.3 Å². The summed E-state index contributed by atoms with van der Waals surface area (Å²) in [5.74, 6) is 0. The Bertz CT molecular complexity index is 116. The first-order valence-corrected chi connectivity index (χ1v) is 5.72. The molecule has 0 aromatic rings. The van der Waals surface area contributed by atoms with Gasteiger partial charge in [-0.1, -0.05) is 32.6 Å². The van der Waals surface area contributed by atoms with Gasteiger partial charge in [0.2, 0.25) is 0 Å². The van der Waals surface area contributed by atoms with E-state index in [1.807, 2.05) is 0 Å². The zero-order chi connectivity index (χ0) is 10.8. The molecule has 86 valence electrons. The molecule has 0 fully saturated rings. The molecule has 3 N–H and O–H groups in total. The molecule has 0 aliphatic heterocycles. The fraction of sp³-hybridized carbons (Fsp3) is 1.00. The minimum absolute atomic E-state index is 0.00972. The average molecular weight is 203 g/mol. The minimum atomic E-state index is -0.156. The Balaban J connectivity index is 3.38. The predicted octanol–water partition coefficient (Wildman–Crippen LogP) is 1.29. The van der Waals surface area contributed by atoms with Crippen molar-refractivity contribution in [3.05, 3.63) is 0 Å². The Morgan fingerprint density at radius 1 is 1.07 bits per heavy atom. The van der Waals surface area contributed by atoms with Crippen molar-refractivity contribution >= 4 is 0 Å². The molecule has 0 unspecified atom stereocenters. The summed E-state index contributed by atoms with van der Waals surface area (Å²) in [7, 11) is 0. The molecule has 0 aromatic carbocycles. The molecule has 1 atom stereocenters. The van der Waals surface area contributed by atoms with Crippen molar-refractivity contribution < 1.29 is 10.2 Å².